The minimum Gasteiger partial charge on any atom is -0.455 e. The van der Waals surface area contributed by atoms with Crippen molar-refractivity contribution in [1.82, 2.24) is 0 Å². The monoisotopic (exact) mass is 850 g/mol. The van der Waals surface area contributed by atoms with Crippen LogP contribution in [0.15, 0.2) is 160 Å². The number of hydrogen-bond donors (Lipinski definition) is 0. The van der Waals surface area contributed by atoms with Crippen LogP contribution >= 0.6 is 57.5 Å². The number of thioether (sulfide) groups is 2. The Morgan fingerprint density at radius 3 is 1.70 bits per heavy atom. The molecule has 6 heteroatoms. The second-order valence-electron chi connectivity index (χ2n) is 15.5. The van der Waals surface area contributed by atoms with Gasteiger partial charge in [0.2, 0.25) is 0 Å². The highest BCUT2D eigenvalue weighted by molar-refractivity contribution is 8.05. The lowest BCUT2D eigenvalue weighted by Crippen LogP contribution is -1.91. The number of furan rings is 1. The van der Waals surface area contributed by atoms with E-state index in [0.29, 0.717) is 10.5 Å². The molecule has 2 unspecified atom stereocenters. The Morgan fingerprint density at radius 1 is 0.367 bits per heavy atom. The first kappa shape index (κ1) is 33.8. The summed E-state index contributed by atoms with van der Waals surface area (Å²) in [4.78, 5) is 2.78. The molecule has 2 aliphatic rings. The summed E-state index contributed by atoms with van der Waals surface area (Å²) >= 11 is 9.59. The number of fused-ring (bicyclic) bond motifs is 19. The van der Waals surface area contributed by atoms with E-state index in [-0.39, 0.29) is 0 Å². The minimum absolute atomic E-state index is 0.489. The Balaban J connectivity index is 0.771. The fourth-order valence-electron chi connectivity index (χ4n) is 9.22. The van der Waals surface area contributed by atoms with Crippen LogP contribution in [0.25, 0.3) is 82.5 Å². The largest absolute Gasteiger partial charge is 0.455 e. The first-order valence-electron chi connectivity index (χ1n) is 19.9. The molecule has 0 saturated carbocycles. The van der Waals surface area contributed by atoms with E-state index in [1.165, 1.54) is 76.0 Å². The van der Waals surface area contributed by atoms with Crippen LogP contribution in [0.2, 0.25) is 0 Å². The van der Waals surface area contributed by atoms with Crippen molar-refractivity contribution in [2.45, 2.75) is 20.3 Å². The summed E-state index contributed by atoms with van der Waals surface area (Å²) in [6.45, 7) is 0. The number of benzene rings is 8. The first-order chi connectivity index (χ1) is 29.7. The summed E-state index contributed by atoms with van der Waals surface area (Å²) in [5, 5.41) is 10.8. The van der Waals surface area contributed by atoms with Gasteiger partial charge in [-0.2, -0.15) is 0 Å². The average Bonchev–Trinajstić information content (AvgIpc) is 4.13. The maximum Gasteiger partial charge on any atom is 0.143 e. The molecule has 60 heavy (non-hydrogen) atoms. The molecule has 0 radical (unpaired) electrons. The predicted molar refractivity (Wildman–Crippen MR) is 261 cm³/mol. The van der Waals surface area contributed by atoms with E-state index in [1.54, 1.807) is 0 Å². The highest BCUT2D eigenvalue weighted by atomic mass is 32.2. The molecule has 0 N–H and O–H groups in total. The van der Waals surface area contributed by atoms with Crippen molar-refractivity contribution in [3.05, 3.63) is 179 Å². The summed E-state index contributed by atoms with van der Waals surface area (Å²) in [5.74, 6) is 13.8. The molecule has 2 aliphatic heterocycles. The molecule has 12 aromatic rings. The lowest BCUT2D eigenvalue weighted by molar-refractivity contribution is 0.672. The molecular formula is C54H26OS5. The van der Waals surface area contributed by atoms with Crippen LogP contribution in [-0.2, 0) is 0 Å². The molecule has 0 aliphatic carbocycles. The van der Waals surface area contributed by atoms with Crippen molar-refractivity contribution < 1.29 is 4.42 Å². The van der Waals surface area contributed by atoms with E-state index in [1.807, 2.05) is 57.5 Å². The molecule has 8 aromatic carbocycles. The van der Waals surface area contributed by atoms with Crippen LogP contribution in [0.3, 0.4) is 0 Å². The average molecular weight is 851 g/mol. The Hall–Kier alpha value is -5.96. The van der Waals surface area contributed by atoms with Crippen molar-refractivity contribution in [1.29, 1.82) is 0 Å². The van der Waals surface area contributed by atoms with Crippen LogP contribution in [0.5, 0.6) is 0 Å². The lowest BCUT2D eigenvalue weighted by atomic mass is 10.0. The molecule has 4 aromatic heterocycles. The Labute approximate surface area is 364 Å². The molecule has 0 spiro atoms. The molecule has 6 heterocycles. The zero-order valence-electron chi connectivity index (χ0n) is 31.5. The third-order valence-electron chi connectivity index (χ3n) is 12.1. The van der Waals surface area contributed by atoms with Gasteiger partial charge >= 0.3 is 0 Å². The van der Waals surface area contributed by atoms with Gasteiger partial charge in [0.15, 0.2) is 0 Å². The van der Waals surface area contributed by atoms with Crippen molar-refractivity contribution in [3.8, 4) is 23.7 Å². The molecule has 0 bridgehead atoms. The van der Waals surface area contributed by atoms with Gasteiger partial charge in [0.1, 0.15) is 11.2 Å². The van der Waals surface area contributed by atoms with E-state index in [0.717, 1.165) is 49.6 Å². The van der Waals surface area contributed by atoms with Crippen LogP contribution in [0, 0.1) is 23.7 Å². The van der Waals surface area contributed by atoms with Gasteiger partial charge in [-0.05, 0) is 90.0 Å². The van der Waals surface area contributed by atoms with E-state index in [4.69, 9.17) is 4.42 Å². The Morgan fingerprint density at radius 2 is 0.883 bits per heavy atom. The van der Waals surface area contributed by atoms with Crippen molar-refractivity contribution in [3.63, 3.8) is 0 Å². The van der Waals surface area contributed by atoms with Crippen LogP contribution < -0.4 is 0 Å². The summed E-state index contributed by atoms with van der Waals surface area (Å²) in [7, 11) is 0. The van der Waals surface area contributed by atoms with Crippen LogP contribution in [0.4, 0.5) is 0 Å². The predicted octanol–water partition coefficient (Wildman–Crippen LogP) is 16.5. The quantitative estimate of drug-likeness (QED) is 0.141. The third-order valence-corrected chi connectivity index (χ3v) is 18.8. The van der Waals surface area contributed by atoms with Gasteiger partial charge in [-0.3, -0.25) is 0 Å². The molecule has 0 saturated heterocycles. The summed E-state index contributed by atoms with van der Waals surface area (Å²) < 4.78 is 14.6. The molecular weight excluding hydrogens is 825 g/mol. The highest BCUT2D eigenvalue weighted by Crippen LogP contribution is 2.66. The van der Waals surface area contributed by atoms with E-state index < -0.39 is 0 Å². The topological polar surface area (TPSA) is 13.1 Å². The van der Waals surface area contributed by atoms with Gasteiger partial charge in [-0.15, -0.1) is 57.5 Å². The van der Waals surface area contributed by atoms with Gasteiger partial charge in [-0.25, -0.2) is 0 Å². The minimum atomic E-state index is 0.489. The maximum atomic E-state index is 6.68. The smallest absolute Gasteiger partial charge is 0.143 e. The van der Waals surface area contributed by atoms with Crippen molar-refractivity contribution >= 4 is 140 Å². The van der Waals surface area contributed by atoms with Gasteiger partial charge in [0, 0.05) is 93.9 Å². The zero-order valence-corrected chi connectivity index (χ0v) is 35.5. The molecule has 1 nitrogen and oxygen atoms in total. The normalized spacial score (nSPS) is 15.6. The maximum absolute atomic E-state index is 6.68. The SMILES string of the molecule is C(#Cc1ccc2c(c1)oc1c2ccc2c1ccc1c3ccc(C#Cc4ccc5c(c4)sc4c6ccccc6sc54)cc3sc12)c1ccc2c(c1)SC1c3ccccc3SC21. The Bertz CT molecular complexity index is 4000. The third kappa shape index (κ3) is 5.04. The number of hydrogen-bond acceptors (Lipinski definition) is 6. The summed E-state index contributed by atoms with van der Waals surface area (Å²) in [6.07, 6.45) is 0. The molecule has 14 rings (SSSR count). The van der Waals surface area contributed by atoms with Gasteiger partial charge < -0.3 is 4.42 Å². The van der Waals surface area contributed by atoms with Crippen molar-refractivity contribution in [2.75, 3.05) is 0 Å². The van der Waals surface area contributed by atoms with Crippen LogP contribution in [-0.4, -0.2) is 0 Å². The second-order valence-corrected chi connectivity index (χ2v) is 21.1. The van der Waals surface area contributed by atoms with Crippen LogP contribution in [0.1, 0.15) is 43.9 Å². The molecule has 0 amide bonds. The van der Waals surface area contributed by atoms with E-state index in [9.17, 15) is 0 Å². The molecule has 2 atom stereocenters. The zero-order chi connectivity index (χ0) is 39.1. The van der Waals surface area contributed by atoms with Gasteiger partial charge in [-0.1, -0.05) is 90.4 Å². The van der Waals surface area contributed by atoms with Gasteiger partial charge in [0.25, 0.3) is 0 Å². The summed E-state index contributed by atoms with van der Waals surface area (Å²) in [6, 6.07) is 53.0. The van der Waals surface area contributed by atoms with E-state index in [2.05, 4.69) is 169 Å². The Kier molecular flexibility index (Phi) is 7.20. The number of thiophene rings is 3. The second kappa shape index (κ2) is 12.8. The first-order valence-corrected chi connectivity index (χ1v) is 24.1. The standard InChI is InChI=1S/C54H26OS5/c1-3-7-44-39(5-1)51-53(56-44)41-19-15-31(27-47(41)59-51)10-9-29-13-17-33-35-21-24-38-36(49(35)55-43(33)25-29)22-23-37-34-18-14-30(26-46(34)58-50(37)38)11-12-32-16-20-42-48(28-32)60-52-40-6-2-4-8-45(40)57-54(42)52/h1-8,13-28,51,53H. The molecule has 278 valence electrons. The fraction of sp³-hybridized carbons (Fsp3) is 0.0370. The van der Waals surface area contributed by atoms with Gasteiger partial charge in [0.05, 0.1) is 19.9 Å². The number of rotatable bonds is 0. The highest BCUT2D eigenvalue weighted by Gasteiger charge is 2.41. The molecule has 0 fully saturated rings. The fourth-order valence-corrected chi connectivity index (χ4v) is 16.4. The van der Waals surface area contributed by atoms with Crippen molar-refractivity contribution in [2.24, 2.45) is 0 Å². The summed E-state index contributed by atoms with van der Waals surface area (Å²) in [5.41, 5.74) is 8.76. The van der Waals surface area contributed by atoms with E-state index >= 15 is 0 Å². The lowest BCUT2D eigenvalue weighted by Gasteiger charge is -2.07.